The van der Waals surface area contributed by atoms with Gasteiger partial charge < -0.3 is 10.1 Å². The molecule has 8 heteroatoms. The SMILES string of the molecule is [B]Cc1sc(C)nc1SC(C(=O)c1ccc2c(c1)NC(=O)CO2)c1ccccc1. The molecule has 0 fully saturated rings. The van der Waals surface area contributed by atoms with Crippen molar-refractivity contribution in [2.24, 2.45) is 0 Å². The molecule has 0 bridgehead atoms. The van der Waals surface area contributed by atoms with Crippen molar-refractivity contribution in [2.75, 3.05) is 11.9 Å². The number of benzene rings is 2. The third-order valence-electron chi connectivity index (χ3n) is 4.42. The van der Waals surface area contributed by atoms with Crippen LogP contribution in [0, 0.1) is 6.92 Å². The smallest absolute Gasteiger partial charge is 0.262 e. The lowest BCUT2D eigenvalue weighted by Crippen LogP contribution is -2.25. The molecule has 1 aliphatic heterocycles. The number of thiazole rings is 1. The normalized spacial score (nSPS) is 13.9. The van der Waals surface area contributed by atoms with Crippen molar-refractivity contribution in [3.05, 3.63) is 69.5 Å². The number of hydrogen-bond donors (Lipinski definition) is 1. The summed E-state index contributed by atoms with van der Waals surface area (Å²) < 4.78 is 5.39. The zero-order chi connectivity index (χ0) is 20.4. The van der Waals surface area contributed by atoms with Gasteiger partial charge in [-0.25, -0.2) is 4.98 Å². The van der Waals surface area contributed by atoms with Crippen molar-refractivity contribution >= 4 is 48.3 Å². The summed E-state index contributed by atoms with van der Waals surface area (Å²) in [7, 11) is 5.87. The second-order valence-corrected chi connectivity index (χ2v) is 8.87. The second kappa shape index (κ2) is 8.43. The average molecular weight is 420 g/mol. The Bertz CT molecular complexity index is 1070. The zero-order valence-corrected chi connectivity index (χ0v) is 17.3. The van der Waals surface area contributed by atoms with E-state index in [1.165, 1.54) is 11.8 Å². The van der Waals surface area contributed by atoms with Gasteiger partial charge in [0.15, 0.2) is 12.4 Å². The van der Waals surface area contributed by atoms with E-state index in [0.29, 0.717) is 23.3 Å². The standard InChI is InChI=1S/C21H17BN2O3S2/c1-12-23-21(17(10-22)28-12)29-20(13-5-3-2-4-6-13)19(26)14-7-8-16-15(9-14)24-18(25)11-27-16/h2-9,20H,10-11H2,1H3,(H,24,25). The molecule has 2 aromatic carbocycles. The maximum Gasteiger partial charge on any atom is 0.262 e. The van der Waals surface area contributed by atoms with Crippen molar-refractivity contribution in [3.63, 3.8) is 0 Å². The van der Waals surface area contributed by atoms with Crippen molar-refractivity contribution in [1.29, 1.82) is 0 Å². The molecule has 5 nitrogen and oxygen atoms in total. The molecule has 3 aromatic rings. The van der Waals surface area contributed by atoms with E-state index in [1.54, 1.807) is 29.5 Å². The number of ketones is 1. The van der Waals surface area contributed by atoms with Gasteiger partial charge in [-0.3, -0.25) is 9.59 Å². The summed E-state index contributed by atoms with van der Waals surface area (Å²) in [5.74, 6) is 0.254. The number of nitrogens with zero attached hydrogens (tertiary/aromatic N) is 1. The summed E-state index contributed by atoms with van der Waals surface area (Å²) in [6.07, 6.45) is 0.381. The van der Waals surface area contributed by atoms with Crippen LogP contribution < -0.4 is 10.1 Å². The van der Waals surface area contributed by atoms with E-state index in [4.69, 9.17) is 12.6 Å². The van der Waals surface area contributed by atoms with Gasteiger partial charge in [0, 0.05) is 10.4 Å². The number of carbonyl (C=O) groups is 2. The van der Waals surface area contributed by atoms with Crippen LogP contribution in [0.4, 0.5) is 5.69 Å². The van der Waals surface area contributed by atoms with E-state index >= 15 is 0 Å². The van der Waals surface area contributed by atoms with E-state index in [1.807, 2.05) is 37.3 Å². The Morgan fingerprint density at radius 1 is 1.31 bits per heavy atom. The van der Waals surface area contributed by atoms with Gasteiger partial charge in [-0.1, -0.05) is 48.4 Å². The third-order valence-corrected chi connectivity index (χ3v) is 6.83. The second-order valence-electron chi connectivity index (χ2n) is 6.49. The van der Waals surface area contributed by atoms with Crippen LogP contribution in [-0.4, -0.2) is 31.1 Å². The minimum absolute atomic E-state index is 0.0200. The maximum atomic E-state index is 13.5. The van der Waals surface area contributed by atoms with Crippen molar-refractivity contribution in [2.45, 2.75) is 23.5 Å². The number of anilines is 1. The number of fused-ring (bicyclic) bond motifs is 1. The van der Waals surface area contributed by atoms with Gasteiger partial charge in [0.1, 0.15) is 10.8 Å². The number of amides is 1. The van der Waals surface area contributed by atoms with Gasteiger partial charge >= 0.3 is 0 Å². The van der Waals surface area contributed by atoms with Crippen LogP contribution in [-0.2, 0) is 11.1 Å². The van der Waals surface area contributed by atoms with Gasteiger partial charge in [-0.05, 0) is 30.7 Å². The summed E-state index contributed by atoms with van der Waals surface area (Å²) in [5, 5.41) is 3.97. The Balaban J connectivity index is 1.70. The molecule has 1 amide bonds. The summed E-state index contributed by atoms with van der Waals surface area (Å²) >= 11 is 2.95. The Hall–Kier alpha value is -2.58. The number of Topliss-reactive ketones (excluding diaryl/α,β-unsaturated/α-hetero) is 1. The fourth-order valence-corrected chi connectivity index (χ4v) is 5.27. The molecule has 144 valence electrons. The van der Waals surface area contributed by atoms with E-state index in [2.05, 4.69) is 10.3 Å². The lowest BCUT2D eigenvalue weighted by atomic mass is 10.0. The molecule has 1 aromatic heterocycles. The lowest BCUT2D eigenvalue weighted by Gasteiger charge is -2.20. The number of aryl methyl sites for hydroxylation is 1. The predicted octanol–water partition coefficient (Wildman–Crippen LogP) is 4.17. The Labute approximate surface area is 178 Å². The number of aromatic nitrogens is 1. The molecule has 2 radical (unpaired) electrons. The highest BCUT2D eigenvalue weighted by Gasteiger charge is 2.27. The number of rotatable bonds is 6. The van der Waals surface area contributed by atoms with Crippen LogP contribution >= 0.6 is 23.1 Å². The van der Waals surface area contributed by atoms with Gasteiger partial charge in [0.25, 0.3) is 5.91 Å². The Morgan fingerprint density at radius 3 is 2.86 bits per heavy atom. The van der Waals surface area contributed by atoms with Crippen molar-refractivity contribution < 1.29 is 14.3 Å². The predicted molar refractivity (Wildman–Crippen MR) is 116 cm³/mol. The monoisotopic (exact) mass is 420 g/mol. The topological polar surface area (TPSA) is 68.3 Å². The van der Waals surface area contributed by atoms with E-state index in [0.717, 1.165) is 20.5 Å². The molecule has 0 spiro atoms. The van der Waals surface area contributed by atoms with Crippen LogP contribution in [0.1, 0.15) is 31.1 Å². The first-order valence-electron chi connectivity index (χ1n) is 9.04. The molecule has 1 atom stereocenters. The fourth-order valence-electron chi connectivity index (χ4n) is 3.07. The minimum atomic E-state index is -0.485. The molecule has 0 saturated heterocycles. The molecular weight excluding hydrogens is 403 g/mol. The highest BCUT2D eigenvalue weighted by atomic mass is 32.2. The highest BCUT2D eigenvalue weighted by molar-refractivity contribution is 8.00. The molecular formula is C21H17BN2O3S2. The summed E-state index contributed by atoms with van der Waals surface area (Å²) in [6, 6.07) is 14.7. The molecule has 0 aliphatic carbocycles. The number of hydrogen-bond acceptors (Lipinski definition) is 6. The van der Waals surface area contributed by atoms with Gasteiger partial charge in [-0.15, -0.1) is 11.3 Å². The summed E-state index contributed by atoms with van der Waals surface area (Å²) in [6.45, 7) is 1.91. The molecule has 0 saturated carbocycles. The first-order chi connectivity index (χ1) is 14.0. The first-order valence-corrected chi connectivity index (χ1v) is 10.7. The van der Waals surface area contributed by atoms with Crippen LogP contribution in [0.15, 0.2) is 53.6 Å². The molecule has 2 heterocycles. The molecule has 29 heavy (non-hydrogen) atoms. The zero-order valence-electron chi connectivity index (χ0n) is 15.7. The minimum Gasteiger partial charge on any atom is -0.482 e. The molecule has 4 rings (SSSR count). The van der Waals surface area contributed by atoms with Crippen LogP contribution in [0.2, 0.25) is 0 Å². The van der Waals surface area contributed by atoms with Crippen LogP contribution in [0.25, 0.3) is 0 Å². The van der Waals surface area contributed by atoms with Crippen molar-refractivity contribution in [1.82, 2.24) is 4.98 Å². The summed E-state index contributed by atoms with van der Waals surface area (Å²) in [4.78, 5) is 30.7. The molecule has 1 N–H and O–H groups in total. The van der Waals surface area contributed by atoms with Gasteiger partial charge in [0.2, 0.25) is 0 Å². The fraction of sp³-hybridized carbons (Fsp3) is 0.190. The van der Waals surface area contributed by atoms with E-state index < -0.39 is 5.25 Å². The van der Waals surface area contributed by atoms with Gasteiger partial charge in [-0.2, -0.15) is 0 Å². The van der Waals surface area contributed by atoms with Gasteiger partial charge in [0.05, 0.1) is 23.8 Å². The summed E-state index contributed by atoms with van der Waals surface area (Å²) in [5.41, 5.74) is 1.89. The molecule has 1 aliphatic rings. The Morgan fingerprint density at radius 2 is 2.10 bits per heavy atom. The van der Waals surface area contributed by atoms with Crippen molar-refractivity contribution in [3.8, 4) is 5.75 Å². The quantitative estimate of drug-likeness (QED) is 0.368. The highest BCUT2D eigenvalue weighted by Crippen LogP contribution is 2.41. The lowest BCUT2D eigenvalue weighted by molar-refractivity contribution is -0.118. The number of nitrogens with one attached hydrogen (secondary N) is 1. The first kappa shape index (κ1) is 19.7. The maximum absolute atomic E-state index is 13.5. The van der Waals surface area contributed by atoms with Crippen LogP contribution in [0.3, 0.4) is 0 Å². The number of carbonyl (C=O) groups excluding carboxylic acids is 2. The van der Waals surface area contributed by atoms with E-state index in [-0.39, 0.29) is 18.3 Å². The Kier molecular flexibility index (Phi) is 5.73. The average Bonchev–Trinajstić information content (AvgIpc) is 3.11. The van der Waals surface area contributed by atoms with Crippen LogP contribution in [0.5, 0.6) is 5.75 Å². The molecule has 1 unspecified atom stereocenters. The third kappa shape index (κ3) is 4.23. The van der Waals surface area contributed by atoms with E-state index in [9.17, 15) is 9.59 Å². The number of ether oxygens (including phenoxy) is 1. The number of thioether (sulfide) groups is 1. The largest absolute Gasteiger partial charge is 0.482 e.